The molecule has 3 aromatic rings. The van der Waals surface area contributed by atoms with Crippen molar-refractivity contribution in [2.24, 2.45) is 0 Å². The van der Waals surface area contributed by atoms with Crippen LogP contribution in [0.5, 0.6) is 0 Å². The Morgan fingerprint density at radius 2 is 1.79 bits per heavy atom. The van der Waals surface area contributed by atoms with Crippen LogP contribution in [0.1, 0.15) is 23.1 Å². The maximum Gasteiger partial charge on any atom is 0.269 e. The Bertz CT molecular complexity index is 978. The molecule has 0 amide bonds. The van der Waals surface area contributed by atoms with Gasteiger partial charge in [-0.15, -0.1) is 0 Å². The summed E-state index contributed by atoms with van der Waals surface area (Å²) in [6.45, 7) is 2.48. The number of rotatable bonds is 8. The summed E-state index contributed by atoms with van der Waals surface area (Å²) in [6, 6.07) is 13.5. The summed E-state index contributed by atoms with van der Waals surface area (Å²) in [7, 11) is 0. The number of hydrogen-bond donors (Lipinski definition) is 4. The van der Waals surface area contributed by atoms with Crippen molar-refractivity contribution in [3.05, 3.63) is 75.6 Å². The monoisotopic (exact) mass is 395 g/mol. The number of aryl methyl sites for hydroxylation is 1. The van der Waals surface area contributed by atoms with E-state index >= 15 is 0 Å². The molecule has 0 aliphatic carbocycles. The summed E-state index contributed by atoms with van der Waals surface area (Å²) in [5.41, 5.74) is 8.28. The van der Waals surface area contributed by atoms with Crippen molar-refractivity contribution in [3.8, 4) is 0 Å². The topological polar surface area (TPSA) is 152 Å². The lowest BCUT2D eigenvalue weighted by Crippen LogP contribution is -2.23. The molecule has 150 valence electrons. The minimum Gasteiger partial charge on any atom is -0.387 e. The molecule has 1 aromatic heterocycles. The molecule has 0 bridgehead atoms. The predicted molar refractivity (Wildman–Crippen MR) is 108 cm³/mol. The van der Waals surface area contributed by atoms with Crippen LogP contribution in [0, 0.1) is 17.0 Å². The van der Waals surface area contributed by atoms with E-state index < -0.39 is 11.0 Å². The lowest BCUT2D eigenvalue weighted by Gasteiger charge is -2.12. The highest BCUT2D eigenvalue weighted by atomic mass is 16.6. The van der Waals surface area contributed by atoms with Crippen LogP contribution in [0.15, 0.2) is 48.5 Å². The number of benzene rings is 2. The van der Waals surface area contributed by atoms with E-state index in [2.05, 4.69) is 25.6 Å². The van der Waals surface area contributed by atoms with Crippen molar-refractivity contribution in [1.29, 1.82) is 0 Å². The number of aliphatic hydroxyl groups is 1. The average molecular weight is 395 g/mol. The van der Waals surface area contributed by atoms with Gasteiger partial charge in [-0.3, -0.25) is 10.1 Å². The number of nitro benzene ring substituents is 1. The molecule has 2 aromatic carbocycles. The fraction of sp³-hybridized carbons (Fsp3) is 0.211. The number of anilines is 3. The highest BCUT2D eigenvalue weighted by Crippen LogP contribution is 2.17. The van der Waals surface area contributed by atoms with Crippen LogP contribution in [0.3, 0.4) is 0 Å². The summed E-state index contributed by atoms with van der Waals surface area (Å²) in [6.07, 6.45) is -0.833. The number of nitrogen functional groups attached to an aromatic ring is 1. The van der Waals surface area contributed by atoms with E-state index in [0.717, 1.165) is 11.3 Å². The van der Waals surface area contributed by atoms with E-state index in [4.69, 9.17) is 5.73 Å². The molecule has 10 heteroatoms. The zero-order valence-electron chi connectivity index (χ0n) is 15.7. The van der Waals surface area contributed by atoms with Crippen LogP contribution in [-0.4, -0.2) is 31.5 Å². The van der Waals surface area contributed by atoms with Gasteiger partial charge in [0.15, 0.2) is 0 Å². The summed E-state index contributed by atoms with van der Waals surface area (Å²) >= 11 is 0. The first-order valence-corrected chi connectivity index (χ1v) is 8.88. The van der Waals surface area contributed by atoms with Gasteiger partial charge in [0.05, 0.1) is 17.6 Å². The Labute approximate surface area is 167 Å². The minimum absolute atomic E-state index is 0.0248. The molecule has 0 fully saturated rings. The second-order valence-corrected chi connectivity index (χ2v) is 6.42. The number of aliphatic hydroxyl groups excluding tert-OH is 1. The smallest absolute Gasteiger partial charge is 0.269 e. The maximum absolute atomic E-state index is 10.7. The Hall–Kier alpha value is -3.63. The van der Waals surface area contributed by atoms with Crippen LogP contribution in [0.4, 0.5) is 23.3 Å². The summed E-state index contributed by atoms with van der Waals surface area (Å²) in [5, 5.41) is 27.0. The van der Waals surface area contributed by atoms with Crippen molar-refractivity contribution in [2.75, 3.05) is 17.6 Å². The number of nitro groups is 1. The number of nitrogens with zero attached hydrogens (tertiary/aromatic N) is 4. The SMILES string of the molecule is Cc1ccc(Nc2nc(N)nc(CNCC(O)c3ccc([N+](=O)[O-])cc3)n2)cc1. The number of non-ortho nitro benzene ring substituents is 1. The summed E-state index contributed by atoms with van der Waals surface area (Å²) in [4.78, 5) is 22.7. The van der Waals surface area contributed by atoms with Gasteiger partial charge in [0.1, 0.15) is 5.82 Å². The van der Waals surface area contributed by atoms with Gasteiger partial charge < -0.3 is 21.5 Å². The van der Waals surface area contributed by atoms with Gasteiger partial charge in [-0.1, -0.05) is 17.7 Å². The first kappa shape index (κ1) is 20.1. The third-order valence-electron chi connectivity index (χ3n) is 4.12. The number of aromatic nitrogens is 3. The number of hydrogen-bond acceptors (Lipinski definition) is 9. The molecule has 0 saturated carbocycles. The molecule has 10 nitrogen and oxygen atoms in total. The molecule has 0 radical (unpaired) electrons. The fourth-order valence-corrected chi connectivity index (χ4v) is 2.60. The average Bonchev–Trinajstić information content (AvgIpc) is 2.69. The van der Waals surface area contributed by atoms with E-state index in [1.165, 1.54) is 24.3 Å². The van der Waals surface area contributed by atoms with Crippen LogP contribution in [0.25, 0.3) is 0 Å². The molecular formula is C19H21N7O3. The van der Waals surface area contributed by atoms with Gasteiger partial charge in [0.2, 0.25) is 11.9 Å². The van der Waals surface area contributed by atoms with Crippen molar-refractivity contribution >= 4 is 23.3 Å². The van der Waals surface area contributed by atoms with Gasteiger partial charge in [-0.05, 0) is 36.8 Å². The minimum atomic E-state index is -0.833. The van der Waals surface area contributed by atoms with Crippen LogP contribution in [0.2, 0.25) is 0 Å². The molecule has 0 saturated heterocycles. The fourth-order valence-electron chi connectivity index (χ4n) is 2.60. The number of nitrogens with two attached hydrogens (primary N) is 1. The normalized spacial score (nSPS) is 11.8. The Kier molecular flexibility index (Phi) is 6.27. The third kappa shape index (κ3) is 5.67. The number of nitrogens with one attached hydrogen (secondary N) is 2. The maximum atomic E-state index is 10.7. The van der Waals surface area contributed by atoms with Gasteiger partial charge in [-0.2, -0.15) is 15.0 Å². The van der Waals surface area contributed by atoms with Crippen LogP contribution < -0.4 is 16.4 Å². The molecule has 0 spiro atoms. The zero-order valence-corrected chi connectivity index (χ0v) is 15.7. The first-order chi connectivity index (χ1) is 13.9. The highest BCUT2D eigenvalue weighted by molar-refractivity contribution is 5.54. The standard InChI is InChI=1S/C19H21N7O3/c1-12-2-6-14(7-3-12)22-19-24-17(23-18(20)25-19)11-21-10-16(27)13-4-8-15(9-5-13)26(28)29/h2-9,16,21,27H,10-11H2,1H3,(H3,20,22,23,24,25). The summed E-state index contributed by atoms with van der Waals surface area (Å²) < 4.78 is 0. The molecule has 0 aliphatic rings. The first-order valence-electron chi connectivity index (χ1n) is 8.88. The predicted octanol–water partition coefficient (Wildman–Crippen LogP) is 2.24. The van der Waals surface area contributed by atoms with Crippen LogP contribution in [-0.2, 0) is 6.54 Å². The molecular weight excluding hydrogens is 374 g/mol. The van der Waals surface area contributed by atoms with E-state index in [1.54, 1.807) is 0 Å². The van der Waals surface area contributed by atoms with E-state index in [9.17, 15) is 15.2 Å². The van der Waals surface area contributed by atoms with E-state index in [0.29, 0.717) is 17.3 Å². The van der Waals surface area contributed by atoms with Gasteiger partial charge in [-0.25, -0.2) is 0 Å². The molecule has 29 heavy (non-hydrogen) atoms. The van der Waals surface area contributed by atoms with Crippen molar-refractivity contribution in [3.63, 3.8) is 0 Å². The zero-order chi connectivity index (χ0) is 20.8. The molecule has 5 N–H and O–H groups in total. The molecule has 1 unspecified atom stereocenters. The highest BCUT2D eigenvalue weighted by Gasteiger charge is 2.11. The molecule has 3 rings (SSSR count). The second-order valence-electron chi connectivity index (χ2n) is 6.42. The lowest BCUT2D eigenvalue weighted by molar-refractivity contribution is -0.384. The Morgan fingerprint density at radius 3 is 2.45 bits per heavy atom. The van der Waals surface area contributed by atoms with Crippen LogP contribution >= 0.6 is 0 Å². The van der Waals surface area contributed by atoms with Crippen molar-refractivity contribution in [2.45, 2.75) is 19.6 Å². The second kappa shape index (κ2) is 9.04. The largest absolute Gasteiger partial charge is 0.387 e. The lowest BCUT2D eigenvalue weighted by atomic mass is 10.1. The summed E-state index contributed by atoms with van der Waals surface area (Å²) in [5.74, 6) is 0.833. The Morgan fingerprint density at radius 1 is 1.10 bits per heavy atom. The van der Waals surface area contributed by atoms with Gasteiger partial charge in [0, 0.05) is 24.4 Å². The van der Waals surface area contributed by atoms with Gasteiger partial charge in [0.25, 0.3) is 5.69 Å². The molecule has 1 atom stereocenters. The van der Waals surface area contributed by atoms with E-state index in [1.807, 2.05) is 31.2 Å². The third-order valence-corrected chi connectivity index (χ3v) is 4.12. The van der Waals surface area contributed by atoms with Gasteiger partial charge >= 0.3 is 0 Å². The quantitative estimate of drug-likeness (QED) is 0.332. The van der Waals surface area contributed by atoms with E-state index in [-0.39, 0.29) is 24.7 Å². The van der Waals surface area contributed by atoms with Crippen molar-refractivity contribution < 1.29 is 10.0 Å². The molecule has 0 aliphatic heterocycles. The van der Waals surface area contributed by atoms with Crippen molar-refractivity contribution in [1.82, 2.24) is 20.3 Å². The molecule has 1 heterocycles. The Balaban J connectivity index is 1.58.